The highest BCUT2D eigenvalue weighted by Gasteiger charge is 2.36. The Balaban J connectivity index is 1.62. The third-order valence-electron chi connectivity index (χ3n) is 5.07. The van der Waals surface area contributed by atoms with Crippen LogP contribution in [0.2, 0.25) is 0 Å². The van der Waals surface area contributed by atoms with Crippen molar-refractivity contribution in [2.24, 2.45) is 5.41 Å². The van der Waals surface area contributed by atoms with E-state index >= 15 is 0 Å². The zero-order chi connectivity index (χ0) is 14.0. The molecule has 1 aromatic rings. The van der Waals surface area contributed by atoms with Crippen LogP contribution in [0.15, 0.2) is 18.2 Å². The van der Waals surface area contributed by atoms with Crippen molar-refractivity contribution in [1.82, 2.24) is 4.90 Å². The summed E-state index contributed by atoms with van der Waals surface area (Å²) in [4.78, 5) is 2.40. The minimum atomic E-state index is -0.302. The number of piperidine rings is 1. The maximum atomic E-state index is 13.4. The fourth-order valence-electron chi connectivity index (χ4n) is 3.87. The first-order valence-corrected chi connectivity index (χ1v) is 7.61. The molecular weight excluding hydrogens is 251 g/mol. The molecule has 1 saturated carbocycles. The molecule has 0 atom stereocenters. The Morgan fingerprint density at radius 3 is 2.45 bits per heavy atom. The predicted octanol–water partition coefficient (Wildman–Crippen LogP) is 3.85. The monoisotopic (exact) mass is 272 g/mol. The number of halogens is 1. The molecule has 1 heterocycles. The minimum Gasteiger partial charge on any atom is -0.299 e. The zero-order valence-corrected chi connectivity index (χ0v) is 11.9. The number of nitrogens with zero attached hydrogens (tertiary/aromatic N) is 2. The van der Waals surface area contributed by atoms with Crippen LogP contribution in [0.3, 0.4) is 0 Å². The summed E-state index contributed by atoms with van der Waals surface area (Å²) >= 11 is 0. The van der Waals surface area contributed by atoms with Crippen LogP contribution in [0.1, 0.15) is 49.7 Å². The lowest BCUT2D eigenvalue weighted by Crippen LogP contribution is -2.38. The second-order valence-electron chi connectivity index (χ2n) is 6.44. The molecule has 0 N–H and O–H groups in total. The Labute approximate surface area is 120 Å². The van der Waals surface area contributed by atoms with E-state index in [0.29, 0.717) is 11.0 Å². The summed E-state index contributed by atoms with van der Waals surface area (Å²) in [7, 11) is 0. The van der Waals surface area contributed by atoms with E-state index in [-0.39, 0.29) is 5.82 Å². The summed E-state index contributed by atoms with van der Waals surface area (Å²) in [6.07, 6.45) is 8.17. The molecule has 2 fully saturated rings. The highest BCUT2D eigenvalue weighted by molar-refractivity contribution is 5.33. The third-order valence-corrected chi connectivity index (χ3v) is 5.07. The number of benzene rings is 1. The fraction of sp³-hybridized carbons (Fsp3) is 0.588. The average molecular weight is 272 g/mol. The largest absolute Gasteiger partial charge is 0.299 e. The Morgan fingerprint density at radius 1 is 1.10 bits per heavy atom. The Morgan fingerprint density at radius 2 is 1.80 bits per heavy atom. The number of hydrogen-bond donors (Lipinski definition) is 0. The summed E-state index contributed by atoms with van der Waals surface area (Å²) in [5.74, 6) is -0.302. The van der Waals surface area contributed by atoms with E-state index in [9.17, 15) is 4.39 Å². The second kappa shape index (κ2) is 5.54. The van der Waals surface area contributed by atoms with Gasteiger partial charge in [0, 0.05) is 6.54 Å². The van der Waals surface area contributed by atoms with Crippen LogP contribution < -0.4 is 0 Å². The molecule has 1 saturated heterocycles. The van der Waals surface area contributed by atoms with Crippen molar-refractivity contribution in [3.05, 3.63) is 35.1 Å². The highest BCUT2D eigenvalue weighted by atomic mass is 19.1. The van der Waals surface area contributed by atoms with Crippen molar-refractivity contribution in [2.75, 3.05) is 13.1 Å². The lowest BCUT2D eigenvalue weighted by Gasteiger charge is -2.39. The van der Waals surface area contributed by atoms with E-state index < -0.39 is 0 Å². The van der Waals surface area contributed by atoms with Gasteiger partial charge in [0.25, 0.3) is 0 Å². The number of likely N-dealkylation sites (tertiary alicyclic amines) is 1. The molecule has 0 bridgehead atoms. The van der Waals surface area contributed by atoms with Gasteiger partial charge in [-0.05, 0) is 68.0 Å². The molecule has 2 aliphatic rings. The SMILES string of the molecule is N#Cc1cc(F)cc(CN2CCC3(CCCC3)CC2)c1. The first-order chi connectivity index (χ1) is 9.69. The highest BCUT2D eigenvalue weighted by Crippen LogP contribution is 2.46. The van der Waals surface area contributed by atoms with Crippen LogP contribution in [0.4, 0.5) is 4.39 Å². The van der Waals surface area contributed by atoms with Gasteiger partial charge in [0.05, 0.1) is 11.6 Å². The standard InChI is InChI=1S/C17H21FN2/c18-16-10-14(12-19)9-15(11-16)13-20-7-5-17(6-8-20)3-1-2-4-17/h9-11H,1-8,13H2. The molecule has 0 amide bonds. The molecule has 0 radical (unpaired) electrons. The summed E-state index contributed by atoms with van der Waals surface area (Å²) in [5, 5.41) is 8.90. The molecule has 1 aliphatic heterocycles. The van der Waals surface area contributed by atoms with Crippen molar-refractivity contribution in [3.8, 4) is 6.07 Å². The molecule has 20 heavy (non-hydrogen) atoms. The van der Waals surface area contributed by atoms with Crippen molar-refractivity contribution in [1.29, 1.82) is 5.26 Å². The lowest BCUT2D eigenvalue weighted by molar-refractivity contribution is 0.103. The van der Waals surface area contributed by atoms with Crippen LogP contribution in [0.5, 0.6) is 0 Å². The smallest absolute Gasteiger partial charge is 0.124 e. The zero-order valence-electron chi connectivity index (χ0n) is 11.9. The summed E-state index contributed by atoms with van der Waals surface area (Å²) in [6.45, 7) is 2.99. The molecular formula is C17H21FN2. The minimum absolute atomic E-state index is 0.302. The van der Waals surface area contributed by atoms with Gasteiger partial charge in [-0.15, -0.1) is 0 Å². The van der Waals surface area contributed by atoms with Gasteiger partial charge in [0.2, 0.25) is 0 Å². The van der Waals surface area contributed by atoms with Gasteiger partial charge in [-0.1, -0.05) is 12.8 Å². The van der Waals surface area contributed by atoms with Crippen molar-refractivity contribution < 1.29 is 4.39 Å². The molecule has 1 aliphatic carbocycles. The first kappa shape index (κ1) is 13.6. The van der Waals surface area contributed by atoms with Gasteiger partial charge in [0.1, 0.15) is 5.82 Å². The van der Waals surface area contributed by atoms with E-state index in [1.165, 1.54) is 44.6 Å². The summed E-state index contributed by atoms with van der Waals surface area (Å²) in [6, 6.07) is 6.69. The Hall–Kier alpha value is -1.40. The van der Waals surface area contributed by atoms with E-state index in [2.05, 4.69) is 4.90 Å². The Bertz CT molecular complexity index is 516. The van der Waals surface area contributed by atoms with Gasteiger partial charge >= 0.3 is 0 Å². The maximum absolute atomic E-state index is 13.4. The molecule has 1 spiro atoms. The van der Waals surface area contributed by atoms with E-state index in [1.807, 2.05) is 12.1 Å². The van der Waals surface area contributed by atoms with Gasteiger partial charge in [-0.3, -0.25) is 4.90 Å². The first-order valence-electron chi connectivity index (χ1n) is 7.61. The van der Waals surface area contributed by atoms with Gasteiger partial charge in [-0.25, -0.2) is 4.39 Å². The van der Waals surface area contributed by atoms with Crippen molar-refractivity contribution in [2.45, 2.75) is 45.1 Å². The molecule has 106 valence electrons. The van der Waals surface area contributed by atoms with Gasteiger partial charge in [0.15, 0.2) is 0 Å². The van der Waals surface area contributed by atoms with Crippen molar-refractivity contribution >= 4 is 0 Å². The normalized spacial score (nSPS) is 22.0. The quantitative estimate of drug-likeness (QED) is 0.817. The molecule has 1 aromatic carbocycles. The van der Waals surface area contributed by atoms with E-state index in [1.54, 1.807) is 6.07 Å². The molecule has 3 heteroatoms. The summed E-state index contributed by atoms with van der Waals surface area (Å²) in [5.41, 5.74) is 1.96. The maximum Gasteiger partial charge on any atom is 0.124 e. The van der Waals surface area contributed by atoms with Crippen LogP contribution in [0, 0.1) is 22.6 Å². The number of rotatable bonds is 2. The van der Waals surface area contributed by atoms with Crippen LogP contribution in [-0.2, 0) is 6.54 Å². The molecule has 3 rings (SSSR count). The lowest BCUT2D eigenvalue weighted by atomic mass is 9.77. The van der Waals surface area contributed by atoms with Crippen LogP contribution in [-0.4, -0.2) is 18.0 Å². The molecule has 0 aromatic heterocycles. The topological polar surface area (TPSA) is 27.0 Å². The van der Waals surface area contributed by atoms with E-state index in [4.69, 9.17) is 5.26 Å². The number of nitriles is 1. The van der Waals surface area contributed by atoms with Gasteiger partial charge < -0.3 is 0 Å². The second-order valence-corrected chi connectivity index (χ2v) is 6.44. The van der Waals surface area contributed by atoms with Crippen LogP contribution >= 0.6 is 0 Å². The fourth-order valence-corrected chi connectivity index (χ4v) is 3.87. The third kappa shape index (κ3) is 2.86. The molecule has 0 unspecified atom stereocenters. The number of hydrogen-bond acceptors (Lipinski definition) is 2. The van der Waals surface area contributed by atoms with Gasteiger partial charge in [-0.2, -0.15) is 5.26 Å². The van der Waals surface area contributed by atoms with Crippen molar-refractivity contribution in [3.63, 3.8) is 0 Å². The average Bonchev–Trinajstić information content (AvgIpc) is 2.89. The Kier molecular flexibility index (Phi) is 3.76. The predicted molar refractivity (Wildman–Crippen MR) is 76.5 cm³/mol. The van der Waals surface area contributed by atoms with E-state index in [0.717, 1.165) is 25.2 Å². The summed E-state index contributed by atoms with van der Waals surface area (Å²) < 4.78 is 13.4. The molecule has 2 nitrogen and oxygen atoms in total. The van der Waals surface area contributed by atoms with Crippen LogP contribution in [0.25, 0.3) is 0 Å².